The minimum atomic E-state index is -1.04. The van der Waals surface area contributed by atoms with Crippen LogP contribution in [0.15, 0.2) is 35.2 Å². The van der Waals surface area contributed by atoms with E-state index in [4.69, 9.17) is 17.3 Å². The van der Waals surface area contributed by atoms with Crippen molar-refractivity contribution >= 4 is 46.3 Å². The zero-order chi connectivity index (χ0) is 14.7. The first kappa shape index (κ1) is 14.7. The Kier molecular flexibility index (Phi) is 4.57. The van der Waals surface area contributed by atoms with Crippen molar-refractivity contribution in [1.29, 1.82) is 0 Å². The minimum absolute atomic E-state index is 0.298. The van der Waals surface area contributed by atoms with Crippen LogP contribution in [0.3, 0.4) is 0 Å². The quantitative estimate of drug-likeness (QED) is 0.684. The van der Waals surface area contributed by atoms with E-state index in [1.807, 2.05) is 30.3 Å². The van der Waals surface area contributed by atoms with Gasteiger partial charge >= 0.3 is 5.97 Å². The molecular weight excluding hydrogens is 294 g/mol. The van der Waals surface area contributed by atoms with Crippen LogP contribution in [0.1, 0.15) is 18.9 Å². The van der Waals surface area contributed by atoms with E-state index >= 15 is 0 Å². The molecule has 1 aromatic carbocycles. The number of hydrogen-bond acceptors (Lipinski definition) is 4. The zero-order valence-electron chi connectivity index (χ0n) is 10.8. The maximum Gasteiger partial charge on any atom is 0.326 e. The van der Waals surface area contributed by atoms with Crippen molar-refractivity contribution in [1.82, 2.24) is 4.90 Å². The van der Waals surface area contributed by atoms with E-state index in [1.165, 1.54) is 4.90 Å². The van der Waals surface area contributed by atoms with Gasteiger partial charge in [0.2, 0.25) is 0 Å². The molecule has 20 heavy (non-hydrogen) atoms. The topological polar surface area (TPSA) is 57.6 Å². The number of aliphatic carboxylic acids is 1. The normalized spacial score (nSPS) is 18.6. The second-order valence-electron chi connectivity index (χ2n) is 4.22. The lowest BCUT2D eigenvalue weighted by Crippen LogP contribution is -2.43. The Balaban J connectivity index is 2.29. The van der Waals surface area contributed by atoms with Gasteiger partial charge in [-0.05, 0) is 18.1 Å². The lowest BCUT2D eigenvalue weighted by Gasteiger charge is -2.21. The van der Waals surface area contributed by atoms with Gasteiger partial charge in [-0.1, -0.05) is 61.2 Å². The molecule has 1 heterocycles. The number of carbonyl (C=O) groups is 2. The van der Waals surface area contributed by atoms with Gasteiger partial charge in [-0.25, -0.2) is 4.79 Å². The van der Waals surface area contributed by atoms with Gasteiger partial charge in [-0.3, -0.25) is 9.69 Å². The van der Waals surface area contributed by atoms with Gasteiger partial charge in [0.15, 0.2) is 0 Å². The van der Waals surface area contributed by atoms with Crippen LogP contribution in [-0.2, 0) is 9.59 Å². The van der Waals surface area contributed by atoms with Crippen molar-refractivity contribution in [3.63, 3.8) is 0 Å². The molecule has 104 valence electrons. The Hall–Kier alpha value is -1.66. The molecule has 1 amide bonds. The van der Waals surface area contributed by atoms with Gasteiger partial charge in [-0.2, -0.15) is 0 Å². The van der Waals surface area contributed by atoms with E-state index in [1.54, 1.807) is 13.0 Å². The predicted molar refractivity (Wildman–Crippen MR) is 83.2 cm³/mol. The summed E-state index contributed by atoms with van der Waals surface area (Å²) in [7, 11) is 0. The van der Waals surface area contributed by atoms with E-state index < -0.39 is 12.0 Å². The summed E-state index contributed by atoms with van der Waals surface area (Å²) in [6.07, 6.45) is 2.05. The molecule has 1 N–H and O–H groups in total. The zero-order valence-corrected chi connectivity index (χ0v) is 12.4. The third-order valence-corrected chi connectivity index (χ3v) is 4.23. The summed E-state index contributed by atoms with van der Waals surface area (Å²) in [5, 5.41) is 9.16. The monoisotopic (exact) mass is 307 g/mol. The number of carboxylic acids is 1. The molecule has 4 nitrogen and oxygen atoms in total. The molecule has 0 bridgehead atoms. The SMILES string of the molecule is CC[C@@H](C(=O)O)N1C(=O)/C(=C\c2ccccc2)SC1=S. The molecule has 1 aromatic rings. The number of thiocarbonyl (C=S) groups is 1. The second-order valence-corrected chi connectivity index (χ2v) is 5.90. The third kappa shape index (κ3) is 2.91. The summed E-state index contributed by atoms with van der Waals surface area (Å²) >= 11 is 6.28. The average Bonchev–Trinajstić information content (AvgIpc) is 2.68. The first-order chi connectivity index (χ1) is 9.54. The highest BCUT2D eigenvalue weighted by Crippen LogP contribution is 2.34. The maximum absolute atomic E-state index is 12.3. The van der Waals surface area contributed by atoms with Crippen LogP contribution in [0, 0.1) is 0 Å². The molecule has 0 saturated carbocycles. The fraction of sp³-hybridized carbons (Fsp3) is 0.214. The number of thioether (sulfide) groups is 1. The molecule has 0 aromatic heterocycles. The number of benzene rings is 1. The van der Waals surface area contributed by atoms with Crippen molar-refractivity contribution in [3.8, 4) is 0 Å². The van der Waals surface area contributed by atoms with Gasteiger partial charge in [0.1, 0.15) is 10.4 Å². The van der Waals surface area contributed by atoms with Crippen molar-refractivity contribution in [2.75, 3.05) is 0 Å². The van der Waals surface area contributed by atoms with Crippen LogP contribution in [0.2, 0.25) is 0 Å². The number of amides is 1. The molecule has 0 spiro atoms. The molecule has 6 heteroatoms. The minimum Gasteiger partial charge on any atom is -0.480 e. The van der Waals surface area contributed by atoms with Crippen molar-refractivity contribution < 1.29 is 14.7 Å². The summed E-state index contributed by atoms with van der Waals surface area (Å²) in [6, 6.07) is 8.49. The fourth-order valence-corrected chi connectivity index (χ4v) is 3.27. The van der Waals surface area contributed by atoms with E-state index in [9.17, 15) is 9.59 Å². The average molecular weight is 307 g/mol. The molecule has 2 rings (SSSR count). The molecule has 1 saturated heterocycles. The number of carboxylic acid groups (broad SMARTS) is 1. The van der Waals surface area contributed by atoms with Crippen LogP contribution >= 0.6 is 24.0 Å². The molecule has 1 atom stereocenters. The molecule has 0 aliphatic carbocycles. The standard InChI is InChI=1S/C14H13NO3S2/c1-2-10(13(17)18)15-12(16)11(20-14(15)19)8-9-6-4-3-5-7-9/h3-8,10H,2H2,1H3,(H,17,18)/b11-8+/t10-/m0/s1. The Morgan fingerprint density at radius 1 is 1.45 bits per heavy atom. The molecule has 1 aliphatic heterocycles. The molecule has 1 aliphatic rings. The van der Waals surface area contributed by atoms with Crippen LogP contribution in [0.25, 0.3) is 6.08 Å². The highest BCUT2D eigenvalue weighted by atomic mass is 32.2. The molecule has 0 radical (unpaired) electrons. The van der Waals surface area contributed by atoms with Crippen LogP contribution < -0.4 is 0 Å². The summed E-state index contributed by atoms with van der Waals surface area (Å²) in [5.74, 6) is -1.37. The van der Waals surface area contributed by atoms with Gasteiger partial charge in [0.05, 0.1) is 4.91 Å². The van der Waals surface area contributed by atoms with E-state index in [0.29, 0.717) is 15.6 Å². The van der Waals surface area contributed by atoms with Crippen molar-refractivity contribution in [2.24, 2.45) is 0 Å². The number of carbonyl (C=O) groups excluding carboxylic acids is 1. The van der Waals surface area contributed by atoms with Gasteiger partial charge < -0.3 is 5.11 Å². The van der Waals surface area contributed by atoms with Crippen LogP contribution in [0.5, 0.6) is 0 Å². The summed E-state index contributed by atoms with van der Waals surface area (Å²) in [5.41, 5.74) is 0.886. The highest BCUT2D eigenvalue weighted by molar-refractivity contribution is 8.26. The van der Waals surface area contributed by atoms with Crippen molar-refractivity contribution in [3.05, 3.63) is 40.8 Å². The van der Waals surface area contributed by atoms with E-state index in [0.717, 1.165) is 17.3 Å². The Morgan fingerprint density at radius 3 is 2.65 bits per heavy atom. The van der Waals surface area contributed by atoms with Gasteiger partial charge in [0.25, 0.3) is 5.91 Å². The molecule has 0 unspecified atom stereocenters. The Morgan fingerprint density at radius 2 is 2.10 bits per heavy atom. The lowest BCUT2D eigenvalue weighted by atomic mass is 10.2. The van der Waals surface area contributed by atoms with Crippen molar-refractivity contribution in [2.45, 2.75) is 19.4 Å². The maximum atomic E-state index is 12.3. The first-order valence-electron chi connectivity index (χ1n) is 6.09. The largest absolute Gasteiger partial charge is 0.480 e. The summed E-state index contributed by atoms with van der Waals surface area (Å²) in [4.78, 5) is 25.2. The fourth-order valence-electron chi connectivity index (χ4n) is 1.92. The summed E-state index contributed by atoms with van der Waals surface area (Å²) in [6.45, 7) is 1.72. The predicted octanol–water partition coefficient (Wildman–Crippen LogP) is 2.75. The van der Waals surface area contributed by atoms with Gasteiger partial charge in [0, 0.05) is 0 Å². The van der Waals surface area contributed by atoms with Crippen LogP contribution in [0.4, 0.5) is 0 Å². The Bertz CT molecular complexity index is 583. The second kappa shape index (κ2) is 6.19. The third-order valence-electron chi connectivity index (χ3n) is 2.90. The highest BCUT2D eigenvalue weighted by Gasteiger charge is 2.39. The summed E-state index contributed by atoms with van der Waals surface area (Å²) < 4.78 is 0.298. The number of hydrogen-bond donors (Lipinski definition) is 1. The van der Waals surface area contributed by atoms with E-state index in [2.05, 4.69) is 0 Å². The van der Waals surface area contributed by atoms with Crippen LogP contribution in [-0.4, -0.2) is 32.2 Å². The first-order valence-corrected chi connectivity index (χ1v) is 7.32. The Labute approximate surface area is 126 Å². The smallest absolute Gasteiger partial charge is 0.326 e. The molecule has 1 fully saturated rings. The lowest BCUT2D eigenvalue weighted by molar-refractivity contribution is -0.145. The number of nitrogens with zero attached hydrogens (tertiary/aromatic N) is 1. The van der Waals surface area contributed by atoms with E-state index in [-0.39, 0.29) is 5.91 Å². The molecular formula is C14H13NO3S2. The van der Waals surface area contributed by atoms with Gasteiger partial charge in [-0.15, -0.1) is 0 Å². The number of rotatable bonds is 4.